The van der Waals surface area contributed by atoms with E-state index in [9.17, 15) is 8.42 Å². The van der Waals surface area contributed by atoms with Gasteiger partial charge in [-0.15, -0.1) is 0 Å². The molecule has 0 radical (unpaired) electrons. The number of nitrogens with zero attached hydrogens (tertiary/aromatic N) is 2. The second-order valence-corrected chi connectivity index (χ2v) is 8.07. The second-order valence-electron chi connectivity index (χ2n) is 6.11. The quantitative estimate of drug-likeness (QED) is 0.876. The van der Waals surface area contributed by atoms with Gasteiger partial charge in [0, 0.05) is 25.7 Å². The van der Waals surface area contributed by atoms with Gasteiger partial charge in [0.1, 0.15) is 0 Å². The van der Waals surface area contributed by atoms with Gasteiger partial charge in [-0.05, 0) is 31.1 Å². The maximum Gasteiger partial charge on any atom is 0.218 e. The van der Waals surface area contributed by atoms with Crippen LogP contribution in [-0.2, 0) is 22.3 Å². The van der Waals surface area contributed by atoms with Gasteiger partial charge < -0.3 is 10.6 Å². The summed E-state index contributed by atoms with van der Waals surface area (Å²) >= 11 is 0. The first-order chi connectivity index (χ1) is 9.83. The van der Waals surface area contributed by atoms with Gasteiger partial charge in [0.2, 0.25) is 10.0 Å². The Labute approximate surface area is 127 Å². The maximum absolute atomic E-state index is 12.6. The molecule has 6 heteroatoms. The van der Waals surface area contributed by atoms with Gasteiger partial charge >= 0.3 is 0 Å². The molecule has 2 atom stereocenters. The molecular formula is C15H25N3O2S. The Balaban J connectivity index is 2.12. The summed E-state index contributed by atoms with van der Waals surface area (Å²) in [5.41, 5.74) is 7.38. The van der Waals surface area contributed by atoms with Crippen molar-refractivity contribution in [1.29, 1.82) is 0 Å². The molecule has 0 saturated carbocycles. The van der Waals surface area contributed by atoms with E-state index in [4.69, 9.17) is 5.73 Å². The molecule has 1 aromatic carbocycles. The van der Waals surface area contributed by atoms with Crippen LogP contribution in [0.5, 0.6) is 0 Å². The SMILES string of the molecule is CC1CN(S(=O)(=O)Cc2cccc(CN)c2)CC1N(C)C. The first-order valence-corrected chi connectivity index (χ1v) is 8.86. The average Bonchev–Trinajstić information content (AvgIpc) is 2.81. The standard InChI is InChI=1S/C15H25N3O2S/c1-12-9-18(10-15(12)17(2)3)21(19,20)11-14-6-4-5-13(7-14)8-16/h4-7,12,15H,8-11,16H2,1-3H3. The summed E-state index contributed by atoms with van der Waals surface area (Å²) in [7, 11) is 0.732. The third-order valence-corrected chi connectivity index (χ3v) is 5.96. The molecule has 0 spiro atoms. The predicted octanol–water partition coefficient (Wildman–Crippen LogP) is 0.857. The van der Waals surface area contributed by atoms with Crippen LogP contribution in [0.4, 0.5) is 0 Å². The second kappa shape index (κ2) is 6.44. The summed E-state index contributed by atoms with van der Waals surface area (Å²) in [6.07, 6.45) is 0. The molecule has 1 aliphatic rings. The zero-order valence-corrected chi connectivity index (χ0v) is 13.8. The van der Waals surface area contributed by atoms with E-state index in [1.807, 2.05) is 38.4 Å². The monoisotopic (exact) mass is 311 g/mol. The van der Waals surface area contributed by atoms with Crippen molar-refractivity contribution in [2.75, 3.05) is 27.2 Å². The zero-order valence-electron chi connectivity index (χ0n) is 13.0. The average molecular weight is 311 g/mol. The van der Waals surface area contributed by atoms with Crippen molar-refractivity contribution < 1.29 is 8.42 Å². The third-order valence-electron chi connectivity index (χ3n) is 4.17. The number of benzene rings is 1. The highest BCUT2D eigenvalue weighted by Crippen LogP contribution is 2.24. The fraction of sp³-hybridized carbons (Fsp3) is 0.600. The Bertz CT molecular complexity index is 586. The summed E-state index contributed by atoms with van der Waals surface area (Å²) in [5, 5.41) is 0. The number of rotatable bonds is 5. The molecule has 0 aliphatic carbocycles. The van der Waals surface area contributed by atoms with Crippen LogP contribution in [0.1, 0.15) is 18.1 Å². The van der Waals surface area contributed by atoms with Gasteiger partial charge in [-0.2, -0.15) is 4.31 Å². The van der Waals surface area contributed by atoms with Crippen LogP contribution in [-0.4, -0.2) is 50.8 Å². The molecule has 1 heterocycles. The van der Waals surface area contributed by atoms with E-state index in [1.54, 1.807) is 4.31 Å². The first-order valence-electron chi connectivity index (χ1n) is 7.25. The van der Waals surface area contributed by atoms with Crippen molar-refractivity contribution in [2.45, 2.75) is 25.3 Å². The number of nitrogens with two attached hydrogens (primary N) is 1. The maximum atomic E-state index is 12.6. The van der Waals surface area contributed by atoms with Crippen LogP contribution >= 0.6 is 0 Å². The lowest BCUT2D eigenvalue weighted by Gasteiger charge is -2.22. The topological polar surface area (TPSA) is 66.6 Å². The molecule has 0 amide bonds. The van der Waals surface area contributed by atoms with Crippen LogP contribution < -0.4 is 5.73 Å². The van der Waals surface area contributed by atoms with Crippen LogP contribution in [0, 0.1) is 5.92 Å². The van der Waals surface area contributed by atoms with Gasteiger partial charge in [-0.25, -0.2) is 8.42 Å². The molecule has 21 heavy (non-hydrogen) atoms. The van der Waals surface area contributed by atoms with E-state index in [0.29, 0.717) is 25.6 Å². The molecule has 1 fully saturated rings. The number of sulfonamides is 1. The summed E-state index contributed by atoms with van der Waals surface area (Å²) in [6.45, 7) is 3.71. The Kier molecular flexibility index (Phi) is 5.03. The highest BCUT2D eigenvalue weighted by molar-refractivity contribution is 7.88. The summed E-state index contributed by atoms with van der Waals surface area (Å²) in [5.74, 6) is 0.401. The molecule has 0 bridgehead atoms. The highest BCUT2D eigenvalue weighted by Gasteiger charge is 2.37. The highest BCUT2D eigenvalue weighted by atomic mass is 32.2. The summed E-state index contributed by atoms with van der Waals surface area (Å²) in [6, 6.07) is 7.79. The Morgan fingerprint density at radius 3 is 2.52 bits per heavy atom. The minimum absolute atomic E-state index is 0.0493. The lowest BCUT2D eigenvalue weighted by atomic mass is 10.1. The number of hydrogen-bond acceptors (Lipinski definition) is 4. The van der Waals surface area contributed by atoms with E-state index in [2.05, 4.69) is 11.8 Å². The van der Waals surface area contributed by atoms with Crippen LogP contribution in [0.25, 0.3) is 0 Å². The lowest BCUT2D eigenvalue weighted by Crippen LogP contribution is -2.36. The Hall–Kier alpha value is -0.950. The van der Waals surface area contributed by atoms with Crippen LogP contribution in [0.15, 0.2) is 24.3 Å². The Morgan fingerprint density at radius 1 is 1.29 bits per heavy atom. The number of hydrogen-bond donors (Lipinski definition) is 1. The van der Waals surface area contributed by atoms with E-state index >= 15 is 0 Å². The van der Waals surface area contributed by atoms with E-state index < -0.39 is 10.0 Å². The molecule has 1 saturated heterocycles. The van der Waals surface area contributed by atoms with Crippen molar-refractivity contribution in [1.82, 2.24) is 9.21 Å². The third kappa shape index (κ3) is 3.83. The minimum atomic E-state index is -3.27. The lowest BCUT2D eigenvalue weighted by molar-refractivity contribution is 0.263. The van der Waals surface area contributed by atoms with Crippen molar-refractivity contribution in [3.63, 3.8) is 0 Å². The fourth-order valence-corrected chi connectivity index (χ4v) is 4.58. The molecule has 5 nitrogen and oxygen atoms in total. The van der Waals surface area contributed by atoms with Gasteiger partial charge in [0.15, 0.2) is 0 Å². The van der Waals surface area contributed by atoms with Crippen molar-refractivity contribution in [3.05, 3.63) is 35.4 Å². The molecule has 2 rings (SSSR count). The van der Waals surface area contributed by atoms with Gasteiger partial charge in [0.05, 0.1) is 5.75 Å². The molecule has 118 valence electrons. The van der Waals surface area contributed by atoms with Crippen LogP contribution in [0.2, 0.25) is 0 Å². The summed E-state index contributed by atoms with van der Waals surface area (Å²) < 4.78 is 26.8. The molecular weight excluding hydrogens is 286 g/mol. The van der Waals surface area contributed by atoms with Crippen molar-refractivity contribution in [2.24, 2.45) is 11.7 Å². The molecule has 0 aromatic heterocycles. The predicted molar refractivity (Wildman–Crippen MR) is 85.2 cm³/mol. The molecule has 2 N–H and O–H groups in total. The largest absolute Gasteiger partial charge is 0.326 e. The van der Waals surface area contributed by atoms with Gasteiger partial charge in [-0.1, -0.05) is 31.2 Å². The zero-order chi connectivity index (χ0) is 15.6. The first kappa shape index (κ1) is 16.4. The number of likely N-dealkylation sites (N-methyl/N-ethyl adjacent to an activating group) is 1. The minimum Gasteiger partial charge on any atom is -0.326 e. The van der Waals surface area contributed by atoms with Crippen LogP contribution in [0.3, 0.4) is 0 Å². The summed E-state index contributed by atoms with van der Waals surface area (Å²) in [4.78, 5) is 2.11. The smallest absolute Gasteiger partial charge is 0.218 e. The van der Waals surface area contributed by atoms with Gasteiger partial charge in [0.25, 0.3) is 0 Å². The Morgan fingerprint density at radius 2 is 1.95 bits per heavy atom. The molecule has 1 aliphatic heterocycles. The van der Waals surface area contributed by atoms with Crippen molar-refractivity contribution >= 4 is 10.0 Å². The fourth-order valence-electron chi connectivity index (χ4n) is 2.95. The van der Waals surface area contributed by atoms with E-state index in [1.165, 1.54) is 0 Å². The van der Waals surface area contributed by atoms with E-state index in [-0.39, 0.29) is 11.8 Å². The van der Waals surface area contributed by atoms with Gasteiger partial charge in [-0.3, -0.25) is 0 Å². The van der Waals surface area contributed by atoms with Crippen molar-refractivity contribution in [3.8, 4) is 0 Å². The molecule has 2 unspecified atom stereocenters. The normalized spacial score (nSPS) is 23.9. The van der Waals surface area contributed by atoms with E-state index in [0.717, 1.165) is 11.1 Å². The molecule has 1 aromatic rings.